The SMILES string of the molecule is COc1ccccc1N1CCOCCOCCN(c2cc(-c3c4cc(F)c(=O)cc-4oc4cc(O)c(F)cc34)c(C(=O)O)cc2OC)CCOCCOCC1. The van der Waals surface area contributed by atoms with E-state index in [0.717, 1.165) is 35.7 Å². The molecular formula is C40H42F2N2O11. The molecule has 0 saturated carbocycles. The Morgan fingerprint density at radius 2 is 1.27 bits per heavy atom. The summed E-state index contributed by atoms with van der Waals surface area (Å²) in [6, 6.07) is 14.5. The van der Waals surface area contributed by atoms with Crippen LogP contribution in [0, 0.1) is 11.6 Å². The van der Waals surface area contributed by atoms with Crippen molar-refractivity contribution >= 4 is 28.3 Å². The lowest BCUT2D eigenvalue weighted by molar-refractivity contribution is 0.0435. The van der Waals surface area contributed by atoms with Crippen molar-refractivity contribution in [3.05, 3.63) is 88.1 Å². The number of methoxy groups -OCH3 is 2. The molecule has 0 amide bonds. The van der Waals surface area contributed by atoms with E-state index in [1.165, 1.54) is 13.2 Å². The number of aromatic carboxylic acids is 1. The quantitative estimate of drug-likeness (QED) is 0.205. The zero-order chi connectivity index (χ0) is 38.9. The van der Waals surface area contributed by atoms with E-state index in [-0.39, 0.29) is 57.9 Å². The molecule has 1 aliphatic carbocycles. The highest BCUT2D eigenvalue weighted by Gasteiger charge is 2.27. The second kappa shape index (κ2) is 18.2. The van der Waals surface area contributed by atoms with E-state index in [1.807, 2.05) is 29.2 Å². The van der Waals surface area contributed by atoms with Crippen LogP contribution in [-0.4, -0.2) is 109 Å². The van der Waals surface area contributed by atoms with Crippen molar-refractivity contribution in [1.29, 1.82) is 0 Å². The van der Waals surface area contributed by atoms with Crippen LogP contribution in [0.25, 0.3) is 33.4 Å². The number of rotatable bonds is 6. The molecule has 1 fully saturated rings. The van der Waals surface area contributed by atoms with Crippen molar-refractivity contribution in [3.8, 4) is 39.7 Å². The molecule has 0 aromatic heterocycles. The molecule has 2 heterocycles. The maximum atomic E-state index is 14.9. The summed E-state index contributed by atoms with van der Waals surface area (Å²) in [6.07, 6.45) is 0. The van der Waals surface area contributed by atoms with Crippen LogP contribution in [0.5, 0.6) is 17.2 Å². The molecule has 13 nitrogen and oxygen atoms in total. The Kier molecular flexibility index (Phi) is 13.0. The average molecular weight is 765 g/mol. The Morgan fingerprint density at radius 1 is 0.691 bits per heavy atom. The molecule has 15 heteroatoms. The van der Waals surface area contributed by atoms with Crippen LogP contribution in [0.4, 0.5) is 20.2 Å². The molecule has 2 aliphatic heterocycles. The number of carboxylic acid groups (broad SMARTS) is 1. The van der Waals surface area contributed by atoms with Gasteiger partial charge in [0.2, 0.25) is 5.43 Å². The summed E-state index contributed by atoms with van der Waals surface area (Å²) in [4.78, 5) is 29.1. The molecule has 0 spiro atoms. The van der Waals surface area contributed by atoms with Gasteiger partial charge in [-0.2, -0.15) is 0 Å². The molecule has 0 radical (unpaired) electrons. The standard InChI is InChI=1S/C40H42F2N2O11/c1-49-35-6-4-3-5-31(35)43-7-11-51-15-17-53-13-9-44(10-14-54-18-16-52-12-8-43)32-21-25(26(40(47)48)22-38(32)50-2)39-27-19-29(41)33(45)23-36(27)55-37-24-34(46)30(42)20-28(37)39/h3-6,19-24,45H,7-18H2,1-2H3,(H,47,48). The number of ether oxygens (including phenoxy) is 6. The summed E-state index contributed by atoms with van der Waals surface area (Å²) >= 11 is 0. The van der Waals surface area contributed by atoms with Crippen LogP contribution in [0.15, 0.2) is 69.9 Å². The summed E-state index contributed by atoms with van der Waals surface area (Å²) in [7, 11) is 3.04. The maximum Gasteiger partial charge on any atom is 0.336 e. The molecular weight excluding hydrogens is 722 g/mol. The average Bonchev–Trinajstić information content (AvgIpc) is 3.17. The monoisotopic (exact) mass is 764 g/mol. The van der Waals surface area contributed by atoms with Gasteiger partial charge in [-0.25, -0.2) is 13.6 Å². The lowest BCUT2D eigenvalue weighted by atomic mass is 9.89. The molecule has 3 aromatic rings. The number of anilines is 2. The van der Waals surface area contributed by atoms with Gasteiger partial charge in [-0.15, -0.1) is 0 Å². The molecule has 1 saturated heterocycles. The predicted octanol–water partition coefficient (Wildman–Crippen LogP) is 5.66. The highest BCUT2D eigenvalue weighted by Crippen LogP contribution is 2.45. The normalized spacial score (nSPS) is 15.8. The van der Waals surface area contributed by atoms with Gasteiger partial charge in [0.25, 0.3) is 0 Å². The first-order valence-corrected chi connectivity index (χ1v) is 17.7. The number of aromatic hydroxyl groups is 1. The van der Waals surface area contributed by atoms with E-state index in [2.05, 4.69) is 4.90 Å². The van der Waals surface area contributed by atoms with Gasteiger partial charge in [0.1, 0.15) is 22.8 Å². The number of carbonyl (C=O) groups is 1. The van der Waals surface area contributed by atoms with Gasteiger partial charge in [0, 0.05) is 54.8 Å². The van der Waals surface area contributed by atoms with Gasteiger partial charge in [0.15, 0.2) is 17.4 Å². The smallest absolute Gasteiger partial charge is 0.336 e. The largest absolute Gasteiger partial charge is 0.505 e. The summed E-state index contributed by atoms with van der Waals surface area (Å²) < 4.78 is 70.5. The van der Waals surface area contributed by atoms with E-state index < -0.39 is 28.8 Å². The van der Waals surface area contributed by atoms with E-state index in [1.54, 1.807) is 13.2 Å². The van der Waals surface area contributed by atoms with Crippen molar-refractivity contribution in [1.82, 2.24) is 0 Å². The fourth-order valence-electron chi connectivity index (χ4n) is 6.49. The Morgan fingerprint density at radius 3 is 1.85 bits per heavy atom. The Hall–Kier alpha value is -5.48. The van der Waals surface area contributed by atoms with Gasteiger partial charge in [-0.05, 0) is 42.0 Å². The second-order valence-electron chi connectivity index (χ2n) is 12.5. The molecule has 0 atom stereocenters. The van der Waals surface area contributed by atoms with E-state index >= 15 is 0 Å². The minimum atomic E-state index is -1.35. The molecule has 0 unspecified atom stereocenters. The maximum absolute atomic E-state index is 14.9. The third-order valence-electron chi connectivity index (χ3n) is 9.19. The molecule has 55 heavy (non-hydrogen) atoms. The molecule has 0 bridgehead atoms. The lowest BCUT2D eigenvalue weighted by Crippen LogP contribution is -2.33. The Balaban J connectivity index is 1.30. The van der Waals surface area contributed by atoms with E-state index in [9.17, 15) is 28.6 Å². The van der Waals surface area contributed by atoms with Gasteiger partial charge in [-0.3, -0.25) is 4.79 Å². The number of hydrogen-bond donors (Lipinski definition) is 2. The predicted molar refractivity (Wildman–Crippen MR) is 200 cm³/mol. The van der Waals surface area contributed by atoms with Crippen LogP contribution in [0.3, 0.4) is 0 Å². The first-order chi connectivity index (χ1) is 26.7. The van der Waals surface area contributed by atoms with Crippen molar-refractivity contribution < 1.29 is 56.6 Å². The fraction of sp³-hybridized carbons (Fsp3) is 0.350. The number of para-hydroxylation sites is 2. The number of halogens is 2. The number of carboxylic acids is 1. The second-order valence-corrected chi connectivity index (χ2v) is 12.5. The number of hydrogen-bond acceptors (Lipinski definition) is 12. The summed E-state index contributed by atoms with van der Waals surface area (Å²) in [5, 5.41) is 20.6. The third-order valence-corrected chi connectivity index (χ3v) is 9.19. The van der Waals surface area contributed by atoms with E-state index in [4.69, 9.17) is 32.8 Å². The van der Waals surface area contributed by atoms with E-state index in [0.29, 0.717) is 71.5 Å². The number of phenolic OH excluding ortho intramolecular Hbond substituents is 1. The van der Waals surface area contributed by atoms with Crippen LogP contribution in [0.2, 0.25) is 0 Å². The minimum Gasteiger partial charge on any atom is -0.505 e. The molecule has 292 valence electrons. The van der Waals surface area contributed by atoms with Gasteiger partial charge in [0.05, 0.1) is 84.0 Å². The van der Waals surface area contributed by atoms with Crippen molar-refractivity contribution in [3.63, 3.8) is 0 Å². The summed E-state index contributed by atoms with van der Waals surface area (Å²) in [5.74, 6) is -3.34. The fourth-order valence-corrected chi connectivity index (χ4v) is 6.49. The zero-order valence-corrected chi connectivity index (χ0v) is 30.5. The summed E-state index contributed by atoms with van der Waals surface area (Å²) in [6.45, 7) is 4.48. The topological polar surface area (TPSA) is 150 Å². The number of fused-ring (bicyclic) bond motifs is 2. The van der Waals surface area contributed by atoms with Crippen molar-refractivity contribution in [2.75, 3.05) is 103 Å². The Labute approximate surface area is 315 Å². The molecule has 3 aliphatic rings. The van der Waals surface area contributed by atoms with Gasteiger partial charge in [-0.1, -0.05) is 12.1 Å². The molecule has 3 aromatic carbocycles. The highest BCUT2D eigenvalue weighted by molar-refractivity contribution is 6.08. The lowest BCUT2D eigenvalue weighted by Gasteiger charge is -2.28. The molecule has 2 N–H and O–H groups in total. The first-order valence-electron chi connectivity index (χ1n) is 17.7. The summed E-state index contributed by atoms with van der Waals surface area (Å²) in [5.41, 5.74) is 0.258. The van der Waals surface area contributed by atoms with Crippen molar-refractivity contribution in [2.45, 2.75) is 0 Å². The zero-order valence-electron chi connectivity index (χ0n) is 30.5. The third kappa shape index (κ3) is 9.08. The van der Waals surface area contributed by atoms with Crippen LogP contribution < -0.4 is 24.7 Å². The Bertz CT molecular complexity index is 2120. The highest BCUT2D eigenvalue weighted by atomic mass is 19.1. The first kappa shape index (κ1) is 39.2. The number of benzene rings is 4. The molecule has 6 rings (SSSR count). The van der Waals surface area contributed by atoms with Crippen LogP contribution in [0.1, 0.15) is 10.4 Å². The van der Waals surface area contributed by atoms with Gasteiger partial charge >= 0.3 is 5.97 Å². The van der Waals surface area contributed by atoms with Gasteiger partial charge < -0.3 is 52.9 Å². The van der Waals surface area contributed by atoms with Crippen LogP contribution in [-0.2, 0) is 18.9 Å². The number of nitrogens with zero attached hydrogens (tertiary/aromatic N) is 2. The van der Waals surface area contributed by atoms with Crippen molar-refractivity contribution in [2.24, 2.45) is 0 Å². The number of phenols is 1. The van der Waals surface area contributed by atoms with Crippen LogP contribution >= 0.6 is 0 Å². The minimum absolute atomic E-state index is 0.0192.